The molecule has 0 amide bonds. The summed E-state index contributed by atoms with van der Waals surface area (Å²) < 4.78 is 2.08. The van der Waals surface area contributed by atoms with Crippen LogP contribution in [0.15, 0.2) is 44.0 Å². The second-order valence-electron chi connectivity index (χ2n) is 4.64. The lowest BCUT2D eigenvalue weighted by Crippen LogP contribution is -2.00. The Kier molecular flexibility index (Phi) is 3.63. The number of benzene rings is 1. The van der Waals surface area contributed by atoms with Crippen LogP contribution < -0.4 is 0 Å². The molecule has 3 atom stereocenters. The summed E-state index contributed by atoms with van der Waals surface area (Å²) >= 11 is 8.59. The third-order valence-electron chi connectivity index (χ3n) is 3.47. The summed E-state index contributed by atoms with van der Waals surface area (Å²) in [7, 11) is 0. The minimum atomic E-state index is -0.368. The molecule has 1 nitrogen and oxygen atoms in total. The van der Waals surface area contributed by atoms with Gasteiger partial charge in [-0.2, -0.15) is 0 Å². The van der Waals surface area contributed by atoms with Gasteiger partial charge in [-0.05, 0) is 61.7 Å². The average molecular weight is 388 g/mol. The molecule has 94 valence electrons. The van der Waals surface area contributed by atoms with Crippen LogP contribution in [-0.4, -0.2) is 5.11 Å². The van der Waals surface area contributed by atoms with Crippen LogP contribution >= 0.6 is 43.2 Å². The van der Waals surface area contributed by atoms with Gasteiger partial charge in [0.2, 0.25) is 0 Å². The first-order chi connectivity index (χ1) is 8.66. The molecule has 0 spiro atoms. The summed E-state index contributed by atoms with van der Waals surface area (Å²) in [4.78, 5) is 0. The smallest absolute Gasteiger partial charge is 0.0843 e. The zero-order valence-corrected chi connectivity index (χ0v) is 13.5. The van der Waals surface area contributed by atoms with E-state index in [0.717, 1.165) is 19.6 Å². The molecule has 3 unspecified atom stereocenters. The quantitative estimate of drug-likeness (QED) is 0.775. The van der Waals surface area contributed by atoms with E-state index in [1.807, 2.05) is 12.1 Å². The van der Waals surface area contributed by atoms with Gasteiger partial charge >= 0.3 is 0 Å². The van der Waals surface area contributed by atoms with E-state index in [1.165, 1.54) is 5.56 Å². The van der Waals surface area contributed by atoms with Gasteiger partial charge in [0, 0.05) is 5.56 Å². The third-order valence-corrected chi connectivity index (χ3v) is 5.86. The largest absolute Gasteiger partial charge is 0.388 e. The molecular formula is C14H12Br2OS. The predicted molar refractivity (Wildman–Crippen MR) is 82.0 cm³/mol. The molecule has 1 aromatic heterocycles. The van der Waals surface area contributed by atoms with E-state index in [2.05, 4.69) is 56.1 Å². The van der Waals surface area contributed by atoms with Gasteiger partial charge < -0.3 is 5.11 Å². The van der Waals surface area contributed by atoms with Crippen LogP contribution in [0.25, 0.3) is 0 Å². The maximum atomic E-state index is 10.4. The third kappa shape index (κ3) is 2.44. The highest BCUT2D eigenvalue weighted by atomic mass is 79.9. The Balaban J connectivity index is 1.77. The molecular weight excluding hydrogens is 376 g/mol. The normalized spacial score (nSPS) is 23.9. The number of hydrogen-bond donors (Lipinski definition) is 1. The zero-order valence-electron chi connectivity index (χ0n) is 9.51. The Morgan fingerprint density at radius 1 is 1.22 bits per heavy atom. The van der Waals surface area contributed by atoms with Crippen molar-refractivity contribution in [2.75, 3.05) is 0 Å². The van der Waals surface area contributed by atoms with Gasteiger partial charge in [-0.15, -0.1) is 11.3 Å². The van der Waals surface area contributed by atoms with Crippen molar-refractivity contribution in [2.45, 2.75) is 18.4 Å². The summed E-state index contributed by atoms with van der Waals surface area (Å²) in [6.07, 6.45) is 0.706. The fraction of sp³-hybridized carbons (Fsp3) is 0.286. The molecule has 0 saturated heterocycles. The molecule has 0 radical (unpaired) electrons. The zero-order chi connectivity index (χ0) is 12.7. The summed E-state index contributed by atoms with van der Waals surface area (Å²) in [5.74, 6) is 0.858. The standard InChI is InChI=1S/C14H12Br2OS/c15-12-7-11(14(16)18-12)13(17)10-6-9(10)8-4-2-1-3-5-8/h1-5,7,9-10,13,17H,6H2. The topological polar surface area (TPSA) is 20.2 Å². The number of halogens is 2. The Morgan fingerprint density at radius 2 is 1.94 bits per heavy atom. The van der Waals surface area contributed by atoms with Crippen molar-refractivity contribution in [3.05, 3.63) is 55.1 Å². The van der Waals surface area contributed by atoms with Gasteiger partial charge in [0.25, 0.3) is 0 Å². The molecule has 1 fully saturated rings. The van der Waals surface area contributed by atoms with E-state index >= 15 is 0 Å². The molecule has 4 heteroatoms. The Bertz CT molecular complexity index is 552. The van der Waals surface area contributed by atoms with E-state index in [4.69, 9.17) is 0 Å². The first-order valence-corrected chi connectivity index (χ1v) is 8.25. The molecule has 0 aliphatic heterocycles. The van der Waals surface area contributed by atoms with Crippen molar-refractivity contribution < 1.29 is 5.11 Å². The second kappa shape index (κ2) is 5.08. The molecule has 0 bridgehead atoms. The molecule has 1 saturated carbocycles. The van der Waals surface area contributed by atoms with Crippen LogP contribution in [0.3, 0.4) is 0 Å². The molecule has 1 N–H and O–H groups in total. The van der Waals surface area contributed by atoms with Crippen LogP contribution in [0.2, 0.25) is 0 Å². The van der Waals surface area contributed by atoms with Crippen LogP contribution in [0.5, 0.6) is 0 Å². The van der Waals surface area contributed by atoms with E-state index < -0.39 is 0 Å². The lowest BCUT2D eigenvalue weighted by Gasteiger charge is -2.09. The molecule has 1 heterocycles. The van der Waals surface area contributed by atoms with Gasteiger partial charge in [-0.1, -0.05) is 30.3 Å². The van der Waals surface area contributed by atoms with Crippen LogP contribution in [0.4, 0.5) is 0 Å². The van der Waals surface area contributed by atoms with Gasteiger partial charge in [0.15, 0.2) is 0 Å². The first kappa shape index (κ1) is 12.9. The molecule has 1 aliphatic rings. The molecule has 2 aromatic rings. The minimum Gasteiger partial charge on any atom is -0.388 e. The highest BCUT2D eigenvalue weighted by Gasteiger charge is 2.44. The van der Waals surface area contributed by atoms with E-state index in [9.17, 15) is 5.11 Å². The van der Waals surface area contributed by atoms with Gasteiger partial charge in [0.1, 0.15) is 0 Å². The molecule has 1 aliphatic carbocycles. The summed E-state index contributed by atoms with van der Waals surface area (Å²) in [5.41, 5.74) is 2.35. The molecule has 18 heavy (non-hydrogen) atoms. The maximum Gasteiger partial charge on any atom is 0.0843 e. The Hall–Kier alpha value is -0.160. The second-order valence-corrected chi connectivity index (χ2v) is 8.39. The van der Waals surface area contributed by atoms with E-state index in [-0.39, 0.29) is 6.10 Å². The van der Waals surface area contributed by atoms with Crippen molar-refractivity contribution >= 4 is 43.2 Å². The SMILES string of the molecule is OC(c1cc(Br)sc1Br)C1CC1c1ccccc1. The van der Waals surface area contributed by atoms with E-state index in [0.29, 0.717) is 11.8 Å². The predicted octanol–water partition coefficient (Wildman–Crippen LogP) is 5.11. The summed E-state index contributed by atoms with van der Waals surface area (Å²) in [6.45, 7) is 0. The minimum absolute atomic E-state index is 0.352. The summed E-state index contributed by atoms with van der Waals surface area (Å²) in [5, 5.41) is 10.4. The highest BCUT2D eigenvalue weighted by molar-refractivity contribution is 9.12. The lowest BCUT2D eigenvalue weighted by molar-refractivity contribution is 0.151. The van der Waals surface area contributed by atoms with Crippen LogP contribution in [-0.2, 0) is 0 Å². The van der Waals surface area contributed by atoms with Crippen molar-refractivity contribution in [1.82, 2.24) is 0 Å². The first-order valence-electron chi connectivity index (χ1n) is 5.84. The van der Waals surface area contributed by atoms with Crippen LogP contribution in [0, 0.1) is 5.92 Å². The van der Waals surface area contributed by atoms with Gasteiger partial charge in [-0.25, -0.2) is 0 Å². The highest BCUT2D eigenvalue weighted by Crippen LogP contribution is 2.55. The van der Waals surface area contributed by atoms with Crippen molar-refractivity contribution in [3.63, 3.8) is 0 Å². The number of aliphatic hydroxyl groups excluding tert-OH is 1. The van der Waals surface area contributed by atoms with E-state index in [1.54, 1.807) is 11.3 Å². The van der Waals surface area contributed by atoms with Crippen LogP contribution in [0.1, 0.15) is 29.6 Å². The van der Waals surface area contributed by atoms with Crippen molar-refractivity contribution in [1.29, 1.82) is 0 Å². The Labute approximate surface area is 127 Å². The monoisotopic (exact) mass is 386 g/mol. The summed E-state index contributed by atoms with van der Waals surface area (Å²) in [6, 6.07) is 12.5. The number of thiophene rings is 1. The van der Waals surface area contributed by atoms with Gasteiger partial charge in [0.05, 0.1) is 13.7 Å². The molecule has 1 aromatic carbocycles. The van der Waals surface area contributed by atoms with Crippen molar-refractivity contribution in [3.8, 4) is 0 Å². The number of hydrogen-bond acceptors (Lipinski definition) is 2. The maximum absolute atomic E-state index is 10.4. The fourth-order valence-corrected chi connectivity index (χ4v) is 5.34. The average Bonchev–Trinajstić information content (AvgIpc) is 3.10. The molecule has 3 rings (SSSR count). The van der Waals surface area contributed by atoms with Gasteiger partial charge in [-0.3, -0.25) is 0 Å². The number of rotatable bonds is 3. The Morgan fingerprint density at radius 3 is 2.56 bits per heavy atom. The fourth-order valence-electron chi connectivity index (χ4n) is 2.43. The lowest BCUT2D eigenvalue weighted by atomic mass is 10.0. The number of aliphatic hydroxyl groups is 1. The van der Waals surface area contributed by atoms with Crippen molar-refractivity contribution in [2.24, 2.45) is 5.92 Å².